The Morgan fingerprint density at radius 2 is 1.67 bits per heavy atom. The first-order chi connectivity index (χ1) is 14.5. The second-order valence-electron chi connectivity index (χ2n) is 8.54. The van der Waals surface area contributed by atoms with Crippen molar-refractivity contribution in [3.05, 3.63) is 41.5 Å². The number of aliphatic hydroxyl groups is 1. The monoisotopic (exact) mass is 432 g/mol. The Morgan fingerprint density at radius 3 is 2.33 bits per heavy atom. The van der Waals surface area contributed by atoms with Gasteiger partial charge in [0.2, 0.25) is 0 Å². The van der Waals surface area contributed by atoms with Gasteiger partial charge >= 0.3 is 0 Å². The molecule has 1 heterocycles. The van der Waals surface area contributed by atoms with E-state index < -0.39 is 17.7 Å². The van der Waals surface area contributed by atoms with Gasteiger partial charge in [0.25, 0.3) is 0 Å². The van der Waals surface area contributed by atoms with Gasteiger partial charge in [-0.15, -0.1) is 11.3 Å². The predicted molar refractivity (Wildman–Crippen MR) is 120 cm³/mol. The van der Waals surface area contributed by atoms with E-state index in [2.05, 4.69) is 13.8 Å². The molecule has 1 aromatic heterocycles. The van der Waals surface area contributed by atoms with Crippen molar-refractivity contribution in [2.45, 2.75) is 64.9 Å². The zero-order chi connectivity index (χ0) is 21.3. The average Bonchev–Trinajstić information content (AvgIpc) is 3.16. The molecule has 5 heteroatoms. The highest BCUT2D eigenvalue weighted by Gasteiger charge is 2.29. The SMILES string of the molecule is CCCCOc1ccc2c(sc3c(F)c(C(O)C4CCC(CC)CC4)ccc32)c1F. The highest BCUT2D eigenvalue weighted by Crippen LogP contribution is 2.44. The van der Waals surface area contributed by atoms with E-state index in [4.69, 9.17) is 4.74 Å². The second kappa shape index (κ2) is 9.19. The van der Waals surface area contributed by atoms with Crippen LogP contribution in [0.4, 0.5) is 8.78 Å². The Morgan fingerprint density at radius 1 is 1.00 bits per heavy atom. The van der Waals surface area contributed by atoms with Gasteiger partial charge < -0.3 is 9.84 Å². The number of fused-ring (bicyclic) bond motifs is 3. The third-order valence-electron chi connectivity index (χ3n) is 6.67. The van der Waals surface area contributed by atoms with Crippen LogP contribution in [0.2, 0.25) is 0 Å². The molecule has 0 aliphatic heterocycles. The number of thiophene rings is 1. The maximum absolute atomic E-state index is 15.4. The first kappa shape index (κ1) is 21.5. The van der Waals surface area contributed by atoms with Gasteiger partial charge in [0.1, 0.15) is 5.82 Å². The number of unbranched alkanes of at least 4 members (excludes halogenated alkanes) is 1. The molecule has 0 bridgehead atoms. The summed E-state index contributed by atoms with van der Waals surface area (Å²) in [6, 6.07) is 6.95. The third kappa shape index (κ3) is 3.94. The van der Waals surface area contributed by atoms with Gasteiger partial charge in [-0.25, -0.2) is 8.78 Å². The molecule has 30 heavy (non-hydrogen) atoms. The molecule has 1 aliphatic rings. The normalized spacial score (nSPS) is 20.7. The summed E-state index contributed by atoms with van der Waals surface area (Å²) >= 11 is 1.11. The summed E-state index contributed by atoms with van der Waals surface area (Å²) in [5, 5.41) is 12.3. The standard InChI is InChI=1S/C25H30F2O2S/c1-3-5-14-29-20-13-12-18-17-10-11-19(21(26)24(17)30-25(18)22(20)27)23(28)16-8-6-15(4-2)7-9-16/h10-13,15-16,23,28H,3-9,14H2,1-2H3. The molecule has 1 unspecified atom stereocenters. The molecule has 1 saturated carbocycles. The van der Waals surface area contributed by atoms with Crippen LogP contribution in [0.15, 0.2) is 24.3 Å². The van der Waals surface area contributed by atoms with Crippen LogP contribution < -0.4 is 4.74 Å². The van der Waals surface area contributed by atoms with Gasteiger partial charge in [-0.1, -0.05) is 51.7 Å². The van der Waals surface area contributed by atoms with Crippen molar-refractivity contribution in [2.24, 2.45) is 11.8 Å². The van der Waals surface area contributed by atoms with E-state index in [0.29, 0.717) is 32.3 Å². The lowest BCUT2D eigenvalue weighted by Gasteiger charge is -2.31. The summed E-state index contributed by atoms with van der Waals surface area (Å²) in [7, 11) is 0. The quantitative estimate of drug-likeness (QED) is 0.387. The van der Waals surface area contributed by atoms with Crippen molar-refractivity contribution in [3.63, 3.8) is 0 Å². The van der Waals surface area contributed by atoms with Crippen molar-refractivity contribution in [2.75, 3.05) is 6.61 Å². The van der Waals surface area contributed by atoms with Crippen LogP contribution in [0.5, 0.6) is 5.75 Å². The lowest BCUT2D eigenvalue weighted by atomic mass is 9.77. The number of aliphatic hydroxyl groups excluding tert-OH is 1. The first-order valence-corrected chi connectivity index (χ1v) is 12.0. The Kier molecular flexibility index (Phi) is 6.59. The van der Waals surface area contributed by atoms with Gasteiger partial charge in [0.15, 0.2) is 11.6 Å². The Labute approximate surface area is 180 Å². The Balaban J connectivity index is 1.66. The zero-order valence-corrected chi connectivity index (χ0v) is 18.5. The Bertz CT molecular complexity index is 1020. The summed E-state index contributed by atoms with van der Waals surface area (Å²) in [5.41, 5.74) is 0.342. The fourth-order valence-electron chi connectivity index (χ4n) is 4.67. The molecule has 2 aromatic carbocycles. The molecule has 1 fully saturated rings. The van der Waals surface area contributed by atoms with Crippen LogP contribution in [0.25, 0.3) is 20.2 Å². The van der Waals surface area contributed by atoms with Gasteiger partial charge in [0, 0.05) is 16.3 Å². The molecule has 4 rings (SSSR count). The van der Waals surface area contributed by atoms with E-state index in [1.165, 1.54) is 6.42 Å². The molecule has 3 aromatic rings. The van der Waals surface area contributed by atoms with Gasteiger partial charge in [-0.2, -0.15) is 0 Å². The molecule has 1 N–H and O–H groups in total. The van der Waals surface area contributed by atoms with E-state index in [9.17, 15) is 5.11 Å². The second-order valence-corrected chi connectivity index (χ2v) is 9.56. The average molecular weight is 433 g/mol. The van der Waals surface area contributed by atoms with Crippen LogP contribution >= 0.6 is 11.3 Å². The summed E-state index contributed by atoms with van der Waals surface area (Å²) in [4.78, 5) is 0. The number of rotatable bonds is 7. The van der Waals surface area contributed by atoms with Crippen molar-refractivity contribution < 1.29 is 18.6 Å². The molecule has 0 amide bonds. The van der Waals surface area contributed by atoms with Crippen LogP contribution in [0.3, 0.4) is 0 Å². The van der Waals surface area contributed by atoms with Crippen LogP contribution in [0.1, 0.15) is 70.5 Å². The van der Waals surface area contributed by atoms with Crippen molar-refractivity contribution in [1.29, 1.82) is 0 Å². The number of benzene rings is 2. The molecular formula is C25H30F2O2S. The molecule has 0 saturated heterocycles. The zero-order valence-electron chi connectivity index (χ0n) is 17.7. The number of hydrogen-bond donors (Lipinski definition) is 1. The summed E-state index contributed by atoms with van der Waals surface area (Å²) in [6.07, 6.45) is 6.24. The highest BCUT2D eigenvalue weighted by molar-refractivity contribution is 7.25. The minimum absolute atomic E-state index is 0.0874. The maximum atomic E-state index is 15.4. The molecule has 1 atom stereocenters. The van der Waals surface area contributed by atoms with Crippen molar-refractivity contribution in [1.82, 2.24) is 0 Å². The lowest BCUT2D eigenvalue weighted by Crippen LogP contribution is -2.21. The van der Waals surface area contributed by atoms with Gasteiger partial charge in [-0.3, -0.25) is 0 Å². The van der Waals surface area contributed by atoms with Crippen molar-refractivity contribution >= 4 is 31.5 Å². The molecule has 0 radical (unpaired) electrons. The minimum atomic E-state index is -0.810. The number of ether oxygens (including phenoxy) is 1. The molecule has 2 nitrogen and oxygen atoms in total. The fourth-order valence-corrected chi connectivity index (χ4v) is 5.85. The van der Waals surface area contributed by atoms with Gasteiger partial charge in [-0.05, 0) is 43.2 Å². The van der Waals surface area contributed by atoms with E-state index in [-0.39, 0.29) is 11.7 Å². The van der Waals surface area contributed by atoms with E-state index in [0.717, 1.165) is 55.8 Å². The summed E-state index contributed by atoms with van der Waals surface area (Å²) < 4.78 is 36.8. The summed E-state index contributed by atoms with van der Waals surface area (Å²) in [5.74, 6) is 0.191. The molecule has 1 aliphatic carbocycles. The van der Waals surface area contributed by atoms with Crippen molar-refractivity contribution in [3.8, 4) is 5.75 Å². The molecular weight excluding hydrogens is 402 g/mol. The minimum Gasteiger partial charge on any atom is -0.490 e. The lowest BCUT2D eigenvalue weighted by molar-refractivity contribution is 0.0703. The van der Waals surface area contributed by atoms with E-state index >= 15 is 8.78 Å². The van der Waals surface area contributed by atoms with E-state index in [1.54, 1.807) is 18.2 Å². The summed E-state index contributed by atoms with van der Waals surface area (Å²) in [6.45, 7) is 4.73. The van der Waals surface area contributed by atoms with Crippen LogP contribution in [0, 0.1) is 23.5 Å². The number of halogens is 2. The van der Waals surface area contributed by atoms with Gasteiger partial charge in [0.05, 0.1) is 22.1 Å². The maximum Gasteiger partial charge on any atom is 0.182 e. The number of hydrogen-bond acceptors (Lipinski definition) is 3. The Hall–Kier alpha value is -1.72. The first-order valence-electron chi connectivity index (χ1n) is 11.2. The topological polar surface area (TPSA) is 29.5 Å². The smallest absolute Gasteiger partial charge is 0.182 e. The molecule has 162 valence electrons. The largest absolute Gasteiger partial charge is 0.490 e. The van der Waals surface area contributed by atoms with Crippen LogP contribution in [-0.4, -0.2) is 11.7 Å². The van der Waals surface area contributed by atoms with Crippen LogP contribution in [-0.2, 0) is 0 Å². The molecule has 0 spiro atoms. The predicted octanol–water partition coefficient (Wildman–Crippen LogP) is 7.76. The fraction of sp³-hybridized carbons (Fsp3) is 0.520. The highest BCUT2D eigenvalue weighted by atomic mass is 32.1. The third-order valence-corrected chi connectivity index (χ3v) is 7.88. The van der Waals surface area contributed by atoms with E-state index in [1.807, 2.05) is 6.07 Å².